The molecular formula is C20H25N5O3. The molecule has 0 saturated carbocycles. The summed E-state index contributed by atoms with van der Waals surface area (Å²) >= 11 is 0. The predicted molar refractivity (Wildman–Crippen MR) is 106 cm³/mol. The van der Waals surface area contributed by atoms with E-state index in [4.69, 9.17) is 10.5 Å². The van der Waals surface area contributed by atoms with E-state index in [-0.39, 0.29) is 12.3 Å². The van der Waals surface area contributed by atoms with E-state index in [9.17, 15) is 9.59 Å². The maximum absolute atomic E-state index is 12.4. The molecule has 0 bridgehead atoms. The van der Waals surface area contributed by atoms with Gasteiger partial charge in [0.2, 0.25) is 5.91 Å². The van der Waals surface area contributed by atoms with E-state index in [0.29, 0.717) is 19.8 Å². The number of anilines is 1. The molecule has 148 valence electrons. The third kappa shape index (κ3) is 5.68. The number of primary amides is 1. The first-order valence-electron chi connectivity index (χ1n) is 9.27. The van der Waals surface area contributed by atoms with Crippen molar-refractivity contribution in [1.82, 2.24) is 15.6 Å². The van der Waals surface area contributed by atoms with Gasteiger partial charge in [-0.15, -0.1) is 0 Å². The lowest BCUT2D eigenvalue weighted by Gasteiger charge is -2.27. The molecule has 8 nitrogen and oxygen atoms in total. The van der Waals surface area contributed by atoms with Crippen molar-refractivity contribution in [3.8, 4) is 0 Å². The Morgan fingerprint density at radius 1 is 1.14 bits per heavy atom. The second kappa shape index (κ2) is 9.70. The molecule has 2 heterocycles. The number of benzene rings is 1. The molecule has 1 aromatic carbocycles. The summed E-state index contributed by atoms with van der Waals surface area (Å²) in [6.07, 6.45) is 1.87. The minimum Gasteiger partial charge on any atom is -0.378 e. The van der Waals surface area contributed by atoms with E-state index < -0.39 is 12.1 Å². The Morgan fingerprint density at radius 2 is 1.89 bits per heavy atom. The molecule has 1 aliphatic heterocycles. The first kappa shape index (κ1) is 19.6. The van der Waals surface area contributed by atoms with Crippen molar-refractivity contribution in [3.05, 3.63) is 59.8 Å². The molecule has 0 aliphatic carbocycles. The molecule has 1 aromatic heterocycles. The number of nitrogens with zero attached hydrogens (tertiary/aromatic N) is 2. The maximum atomic E-state index is 12.4. The van der Waals surface area contributed by atoms with Crippen LogP contribution in [0.1, 0.15) is 23.6 Å². The summed E-state index contributed by atoms with van der Waals surface area (Å²) in [6, 6.07) is 12.0. The number of ether oxygens (including phenoxy) is 1. The SMILES string of the molecule is NC(=O)NC(CC(=O)NCc1ccc(N2CCOCC2)nc1)c1ccccc1. The number of rotatable bonds is 7. The number of amides is 3. The number of pyridine rings is 1. The second-order valence-electron chi connectivity index (χ2n) is 6.58. The fraction of sp³-hybridized carbons (Fsp3) is 0.350. The molecule has 2 aromatic rings. The Morgan fingerprint density at radius 3 is 2.54 bits per heavy atom. The molecule has 4 N–H and O–H groups in total. The zero-order chi connectivity index (χ0) is 19.8. The molecule has 1 aliphatic rings. The number of carbonyl (C=O) groups excluding carboxylic acids is 2. The zero-order valence-electron chi connectivity index (χ0n) is 15.6. The van der Waals surface area contributed by atoms with Gasteiger partial charge >= 0.3 is 6.03 Å². The van der Waals surface area contributed by atoms with Crippen LogP contribution in [0.5, 0.6) is 0 Å². The summed E-state index contributed by atoms with van der Waals surface area (Å²) in [5, 5.41) is 5.49. The average Bonchev–Trinajstić information content (AvgIpc) is 2.73. The van der Waals surface area contributed by atoms with Crippen molar-refractivity contribution in [2.24, 2.45) is 5.73 Å². The lowest BCUT2D eigenvalue weighted by Crippen LogP contribution is -2.37. The van der Waals surface area contributed by atoms with Crippen molar-refractivity contribution < 1.29 is 14.3 Å². The lowest BCUT2D eigenvalue weighted by molar-refractivity contribution is -0.121. The van der Waals surface area contributed by atoms with Crippen LogP contribution in [0.15, 0.2) is 48.7 Å². The first-order valence-corrected chi connectivity index (χ1v) is 9.27. The van der Waals surface area contributed by atoms with Crippen LogP contribution in [0, 0.1) is 0 Å². The van der Waals surface area contributed by atoms with Gasteiger partial charge in [-0.3, -0.25) is 4.79 Å². The molecule has 0 spiro atoms. The highest BCUT2D eigenvalue weighted by Gasteiger charge is 2.17. The van der Waals surface area contributed by atoms with E-state index >= 15 is 0 Å². The van der Waals surface area contributed by atoms with E-state index in [1.54, 1.807) is 6.20 Å². The Bertz CT molecular complexity index is 776. The van der Waals surface area contributed by atoms with Gasteiger partial charge in [-0.1, -0.05) is 36.4 Å². The van der Waals surface area contributed by atoms with E-state index in [1.807, 2.05) is 42.5 Å². The number of morpholine rings is 1. The second-order valence-corrected chi connectivity index (χ2v) is 6.58. The lowest BCUT2D eigenvalue weighted by atomic mass is 10.0. The Hall–Kier alpha value is -3.13. The smallest absolute Gasteiger partial charge is 0.312 e. The number of urea groups is 1. The number of aromatic nitrogens is 1. The molecule has 1 saturated heterocycles. The van der Waals surface area contributed by atoms with E-state index in [0.717, 1.165) is 30.0 Å². The monoisotopic (exact) mass is 383 g/mol. The standard InChI is InChI=1S/C20H25N5O3/c21-20(27)24-17(16-4-2-1-3-5-16)12-19(26)23-14-15-6-7-18(22-13-15)25-8-10-28-11-9-25/h1-7,13,17H,8-12,14H2,(H,23,26)(H3,21,24,27). The fourth-order valence-corrected chi connectivity index (χ4v) is 3.07. The van der Waals surface area contributed by atoms with Gasteiger partial charge in [0.15, 0.2) is 0 Å². The topological polar surface area (TPSA) is 110 Å². The number of nitrogens with two attached hydrogens (primary N) is 1. The summed E-state index contributed by atoms with van der Waals surface area (Å²) in [7, 11) is 0. The third-order valence-corrected chi connectivity index (χ3v) is 4.54. The number of carbonyl (C=O) groups is 2. The molecule has 0 radical (unpaired) electrons. The fourth-order valence-electron chi connectivity index (χ4n) is 3.07. The molecule has 1 unspecified atom stereocenters. The maximum Gasteiger partial charge on any atom is 0.312 e. The Balaban J connectivity index is 1.53. The van der Waals surface area contributed by atoms with Crippen LogP contribution in [0.2, 0.25) is 0 Å². The molecular weight excluding hydrogens is 358 g/mol. The summed E-state index contributed by atoms with van der Waals surface area (Å²) < 4.78 is 5.35. The number of hydrogen-bond acceptors (Lipinski definition) is 5. The first-order chi connectivity index (χ1) is 13.6. The van der Waals surface area contributed by atoms with Crippen molar-refractivity contribution >= 4 is 17.8 Å². The molecule has 8 heteroatoms. The van der Waals surface area contributed by atoms with Crippen LogP contribution in [0.3, 0.4) is 0 Å². The van der Waals surface area contributed by atoms with Gasteiger partial charge < -0.3 is 26.0 Å². The number of hydrogen-bond donors (Lipinski definition) is 3. The highest BCUT2D eigenvalue weighted by atomic mass is 16.5. The Kier molecular flexibility index (Phi) is 6.80. The van der Waals surface area contributed by atoms with Crippen LogP contribution in [-0.2, 0) is 16.1 Å². The van der Waals surface area contributed by atoms with Gasteiger partial charge in [-0.25, -0.2) is 9.78 Å². The van der Waals surface area contributed by atoms with Crippen LogP contribution >= 0.6 is 0 Å². The van der Waals surface area contributed by atoms with Gasteiger partial charge in [0.25, 0.3) is 0 Å². The van der Waals surface area contributed by atoms with Crippen LogP contribution in [0.4, 0.5) is 10.6 Å². The van der Waals surface area contributed by atoms with Crippen molar-refractivity contribution in [1.29, 1.82) is 0 Å². The molecule has 3 amide bonds. The number of nitrogens with one attached hydrogen (secondary N) is 2. The summed E-state index contributed by atoms with van der Waals surface area (Å²) in [4.78, 5) is 30.3. The summed E-state index contributed by atoms with van der Waals surface area (Å²) in [6.45, 7) is 3.45. The predicted octanol–water partition coefficient (Wildman–Crippen LogP) is 1.33. The largest absolute Gasteiger partial charge is 0.378 e. The molecule has 28 heavy (non-hydrogen) atoms. The molecule has 1 fully saturated rings. The zero-order valence-corrected chi connectivity index (χ0v) is 15.6. The van der Waals surface area contributed by atoms with Gasteiger partial charge in [-0.2, -0.15) is 0 Å². The van der Waals surface area contributed by atoms with Crippen molar-refractivity contribution in [3.63, 3.8) is 0 Å². The highest BCUT2D eigenvalue weighted by molar-refractivity contribution is 5.78. The quantitative estimate of drug-likeness (QED) is 0.668. The van der Waals surface area contributed by atoms with Crippen molar-refractivity contribution in [2.45, 2.75) is 19.0 Å². The molecule has 1 atom stereocenters. The van der Waals surface area contributed by atoms with Gasteiger partial charge in [-0.05, 0) is 17.2 Å². The van der Waals surface area contributed by atoms with E-state index in [1.165, 1.54) is 0 Å². The normalized spacial score (nSPS) is 14.9. The van der Waals surface area contributed by atoms with Gasteiger partial charge in [0, 0.05) is 25.8 Å². The average molecular weight is 383 g/mol. The third-order valence-electron chi connectivity index (χ3n) is 4.54. The molecule has 3 rings (SSSR count). The minimum absolute atomic E-state index is 0.103. The van der Waals surface area contributed by atoms with Crippen LogP contribution < -0.4 is 21.3 Å². The highest BCUT2D eigenvalue weighted by Crippen LogP contribution is 2.17. The minimum atomic E-state index is -0.662. The van der Waals surface area contributed by atoms with Crippen LogP contribution in [0.25, 0.3) is 0 Å². The van der Waals surface area contributed by atoms with Gasteiger partial charge in [0.05, 0.1) is 25.7 Å². The summed E-state index contributed by atoms with van der Waals surface area (Å²) in [5.74, 6) is 0.730. The van der Waals surface area contributed by atoms with Crippen molar-refractivity contribution in [2.75, 3.05) is 31.2 Å². The summed E-state index contributed by atoms with van der Waals surface area (Å²) in [5.41, 5.74) is 6.98. The van der Waals surface area contributed by atoms with Gasteiger partial charge in [0.1, 0.15) is 5.82 Å². The Labute approximate surface area is 164 Å². The van der Waals surface area contributed by atoms with E-state index in [2.05, 4.69) is 20.5 Å². The van der Waals surface area contributed by atoms with Crippen LogP contribution in [-0.4, -0.2) is 43.2 Å².